The van der Waals surface area contributed by atoms with Crippen LogP contribution in [0.4, 0.5) is 5.69 Å². The number of rotatable bonds is 1. The fourth-order valence-corrected chi connectivity index (χ4v) is 2.47. The van der Waals surface area contributed by atoms with Crippen LogP contribution in [-0.2, 0) is 4.79 Å². The zero-order chi connectivity index (χ0) is 10.8. The third-order valence-corrected chi connectivity index (χ3v) is 3.73. The first-order valence-corrected chi connectivity index (χ1v) is 6.03. The van der Waals surface area contributed by atoms with Gasteiger partial charge in [-0.05, 0) is 52.4 Å². The Balaban J connectivity index is 2.16. The normalized spacial score (nSPS) is 18.1. The highest BCUT2D eigenvalue weighted by Crippen LogP contribution is 2.33. The lowest BCUT2D eigenvalue weighted by Gasteiger charge is -2.21. The number of carbonyl (C=O) groups is 1. The Morgan fingerprint density at radius 3 is 2.53 bits per heavy atom. The molecule has 0 aromatic heterocycles. The van der Waals surface area contributed by atoms with Gasteiger partial charge in [0, 0.05) is 23.0 Å². The van der Waals surface area contributed by atoms with Gasteiger partial charge >= 0.3 is 0 Å². The van der Waals surface area contributed by atoms with Crippen LogP contribution >= 0.6 is 15.9 Å². The second kappa shape index (κ2) is 4.35. The minimum atomic E-state index is 0.403. The standard InChI is InChI=1S/C12H14BrNO/c13-11-7-9(3-6-12(11)14)8-1-4-10(15)5-2-8/h3,6-8H,1-2,4-5,14H2. The van der Waals surface area contributed by atoms with Crippen molar-refractivity contribution in [1.29, 1.82) is 0 Å². The maximum absolute atomic E-state index is 11.1. The first-order chi connectivity index (χ1) is 7.16. The first kappa shape index (κ1) is 10.7. The number of halogens is 1. The molecule has 2 rings (SSSR count). The van der Waals surface area contributed by atoms with E-state index >= 15 is 0 Å². The van der Waals surface area contributed by atoms with Gasteiger partial charge in [-0.2, -0.15) is 0 Å². The first-order valence-electron chi connectivity index (χ1n) is 5.23. The van der Waals surface area contributed by atoms with Crippen molar-refractivity contribution >= 4 is 27.4 Å². The molecule has 0 saturated heterocycles. The molecule has 15 heavy (non-hydrogen) atoms. The molecule has 0 aliphatic heterocycles. The van der Waals surface area contributed by atoms with E-state index in [1.807, 2.05) is 6.07 Å². The lowest BCUT2D eigenvalue weighted by molar-refractivity contribution is -0.120. The number of Topliss-reactive ketones (excluding diaryl/α,β-unsaturated/α-hetero) is 1. The predicted molar refractivity (Wildman–Crippen MR) is 64.8 cm³/mol. The summed E-state index contributed by atoms with van der Waals surface area (Å²) in [5.41, 5.74) is 7.80. The third kappa shape index (κ3) is 2.40. The van der Waals surface area contributed by atoms with Crippen molar-refractivity contribution in [3.8, 4) is 0 Å². The number of hydrogen-bond donors (Lipinski definition) is 1. The zero-order valence-corrected chi connectivity index (χ0v) is 10.1. The summed E-state index contributed by atoms with van der Waals surface area (Å²) in [5.74, 6) is 0.931. The Hall–Kier alpha value is -0.830. The second-order valence-electron chi connectivity index (χ2n) is 4.09. The maximum Gasteiger partial charge on any atom is 0.132 e. The molecule has 1 aromatic carbocycles. The Kier molecular flexibility index (Phi) is 3.10. The van der Waals surface area contributed by atoms with E-state index in [0.717, 1.165) is 35.8 Å². The predicted octanol–water partition coefficient (Wildman–Crippen LogP) is 3.26. The highest BCUT2D eigenvalue weighted by atomic mass is 79.9. The monoisotopic (exact) mass is 267 g/mol. The quantitative estimate of drug-likeness (QED) is 0.794. The fraction of sp³-hybridized carbons (Fsp3) is 0.417. The van der Waals surface area contributed by atoms with Gasteiger partial charge in [0.05, 0.1) is 0 Å². The molecular formula is C12H14BrNO. The van der Waals surface area contributed by atoms with E-state index in [1.165, 1.54) is 5.56 Å². The lowest BCUT2D eigenvalue weighted by Crippen LogP contribution is -2.12. The highest BCUT2D eigenvalue weighted by molar-refractivity contribution is 9.10. The van der Waals surface area contributed by atoms with Gasteiger partial charge in [-0.15, -0.1) is 0 Å². The average molecular weight is 268 g/mol. The van der Waals surface area contributed by atoms with Gasteiger partial charge < -0.3 is 5.73 Å². The molecule has 3 heteroatoms. The van der Waals surface area contributed by atoms with Crippen molar-refractivity contribution in [2.24, 2.45) is 0 Å². The van der Waals surface area contributed by atoms with Gasteiger partial charge in [0.15, 0.2) is 0 Å². The molecule has 1 saturated carbocycles. The number of nitrogens with two attached hydrogens (primary N) is 1. The molecule has 0 spiro atoms. The summed E-state index contributed by atoms with van der Waals surface area (Å²) >= 11 is 3.43. The van der Waals surface area contributed by atoms with E-state index < -0.39 is 0 Å². The molecule has 1 fully saturated rings. The summed E-state index contributed by atoms with van der Waals surface area (Å²) in [7, 11) is 0. The number of ketones is 1. The summed E-state index contributed by atoms with van der Waals surface area (Å²) in [5, 5.41) is 0. The largest absolute Gasteiger partial charge is 0.398 e. The van der Waals surface area contributed by atoms with Crippen molar-refractivity contribution in [3.05, 3.63) is 28.2 Å². The van der Waals surface area contributed by atoms with Crippen molar-refractivity contribution in [1.82, 2.24) is 0 Å². The van der Waals surface area contributed by atoms with Gasteiger partial charge in [0.2, 0.25) is 0 Å². The Morgan fingerprint density at radius 1 is 1.27 bits per heavy atom. The van der Waals surface area contributed by atoms with Crippen LogP contribution in [-0.4, -0.2) is 5.78 Å². The number of nitrogen functional groups attached to an aromatic ring is 1. The molecule has 1 aliphatic rings. The van der Waals surface area contributed by atoms with Crippen LogP contribution in [0.25, 0.3) is 0 Å². The van der Waals surface area contributed by atoms with Crippen LogP contribution in [0.2, 0.25) is 0 Å². The molecule has 0 unspecified atom stereocenters. The molecule has 0 heterocycles. The van der Waals surface area contributed by atoms with Crippen LogP contribution in [0, 0.1) is 0 Å². The Bertz CT molecular complexity index is 379. The van der Waals surface area contributed by atoms with Gasteiger partial charge in [0.25, 0.3) is 0 Å². The SMILES string of the molecule is Nc1ccc(C2CCC(=O)CC2)cc1Br. The van der Waals surface area contributed by atoms with Crippen LogP contribution < -0.4 is 5.73 Å². The maximum atomic E-state index is 11.1. The molecule has 80 valence electrons. The van der Waals surface area contributed by atoms with Gasteiger partial charge in [-0.3, -0.25) is 4.79 Å². The van der Waals surface area contributed by atoms with E-state index in [2.05, 4.69) is 28.1 Å². The smallest absolute Gasteiger partial charge is 0.132 e. The minimum Gasteiger partial charge on any atom is -0.398 e. The van der Waals surface area contributed by atoms with Crippen molar-refractivity contribution in [2.75, 3.05) is 5.73 Å². The van der Waals surface area contributed by atoms with Crippen LogP contribution in [0.3, 0.4) is 0 Å². The summed E-state index contributed by atoms with van der Waals surface area (Å²) in [6.07, 6.45) is 3.42. The molecule has 0 bridgehead atoms. The molecular weight excluding hydrogens is 254 g/mol. The van der Waals surface area contributed by atoms with Crippen molar-refractivity contribution in [2.45, 2.75) is 31.6 Å². The highest BCUT2D eigenvalue weighted by Gasteiger charge is 2.20. The number of benzene rings is 1. The molecule has 0 radical (unpaired) electrons. The minimum absolute atomic E-state index is 0.403. The lowest BCUT2D eigenvalue weighted by atomic mass is 9.83. The van der Waals surface area contributed by atoms with E-state index in [4.69, 9.17) is 5.73 Å². The molecule has 2 nitrogen and oxygen atoms in total. The second-order valence-corrected chi connectivity index (χ2v) is 4.95. The summed E-state index contributed by atoms with van der Waals surface area (Å²) in [6, 6.07) is 6.08. The number of carbonyl (C=O) groups excluding carboxylic acids is 1. The number of hydrogen-bond acceptors (Lipinski definition) is 2. The summed E-state index contributed by atoms with van der Waals surface area (Å²) in [4.78, 5) is 11.1. The van der Waals surface area contributed by atoms with Crippen LogP contribution in [0.5, 0.6) is 0 Å². The number of anilines is 1. The zero-order valence-electron chi connectivity index (χ0n) is 8.50. The molecule has 2 N–H and O–H groups in total. The van der Waals surface area contributed by atoms with Gasteiger partial charge in [-0.1, -0.05) is 6.07 Å². The van der Waals surface area contributed by atoms with Gasteiger partial charge in [0.1, 0.15) is 5.78 Å². The molecule has 0 atom stereocenters. The summed E-state index contributed by atoms with van der Waals surface area (Å²) < 4.78 is 0.955. The Morgan fingerprint density at radius 2 is 1.93 bits per heavy atom. The molecule has 1 aliphatic carbocycles. The molecule has 0 amide bonds. The molecule has 1 aromatic rings. The fourth-order valence-electron chi connectivity index (χ4n) is 2.07. The Labute approximate surface area is 98.0 Å². The van der Waals surface area contributed by atoms with Crippen LogP contribution in [0.15, 0.2) is 22.7 Å². The van der Waals surface area contributed by atoms with Crippen molar-refractivity contribution in [3.63, 3.8) is 0 Å². The average Bonchev–Trinajstić information content (AvgIpc) is 2.23. The third-order valence-electron chi connectivity index (χ3n) is 3.04. The topological polar surface area (TPSA) is 43.1 Å². The van der Waals surface area contributed by atoms with Crippen LogP contribution in [0.1, 0.15) is 37.2 Å². The van der Waals surface area contributed by atoms with E-state index in [1.54, 1.807) is 0 Å². The summed E-state index contributed by atoms with van der Waals surface area (Å²) in [6.45, 7) is 0. The van der Waals surface area contributed by atoms with E-state index in [9.17, 15) is 4.79 Å². The van der Waals surface area contributed by atoms with E-state index in [-0.39, 0.29) is 0 Å². The van der Waals surface area contributed by atoms with E-state index in [0.29, 0.717) is 11.7 Å². The van der Waals surface area contributed by atoms with Crippen molar-refractivity contribution < 1.29 is 4.79 Å². The van der Waals surface area contributed by atoms with Gasteiger partial charge in [-0.25, -0.2) is 0 Å².